The standard InChI is InChI=1S/C12H14BrNO3/c1-8(15)14(2)11(12(16)17)7-9-3-5-10(13)6-4-9/h3-6,11H,7H2,1-2H3,(H,16,17)/t11-/m0/s1. The molecule has 0 fully saturated rings. The average molecular weight is 300 g/mol. The summed E-state index contributed by atoms with van der Waals surface area (Å²) >= 11 is 3.31. The molecule has 1 N–H and O–H groups in total. The number of likely N-dealkylation sites (N-methyl/N-ethyl adjacent to an activating group) is 1. The minimum atomic E-state index is -0.995. The van der Waals surface area contributed by atoms with Gasteiger partial charge in [0.1, 0.15) is 6.04 Å². The predicted molar refractivity (Wildman–Crippen MR) is 67.7 cm³/mol. The van der Waals surface area contributed by atoms with Crippen LogP contribution in [-0.4, -0.2) is 35.0 Å². The molecule has 0 spiro atoms. The number of carboxylic acids is 1. The first-order valence-electron chi connectivity index (χ1n) is 5.12. The fourth-order valence-corrected chi connectivity index (χ4v) is 1.72. The summed E-state index contributed by atoms with van der Waals surface area (Å²) in [4.78, 5) is 23.5. The number of carboxylic acid groups (broad SMARTS) is 1. The molecule has 0 unspecified atom stereocenters. The average Bonchev–Trinajstić information content (AvgIpc) is 2.26. The summed E-state index contributed by atoms with van der Waals surface area (Å²) < 4.78 is 0.938. The summed E-state index contributed by atoms with van der Waals surface area (Å²) in [5, 5.41) is 9.11. The van der Waals surface area contributed by atoms with E-state index in [1.54, 1.807) is 0 Å². The van der Waals surface area contributed by atoms with E-state index in [1.807, 2.05) is 24.3 Å². The van der Waals surface area contributed by atoms with E-state index in [0.29, 0.717) is 6.42 Å². The number of amides is 1. The smallest absolute Gasteiger partial charge is 0.326 e. The third-order valence-corrected chi connectivity index (χ3v) is 3.12. The number of carbonyl (C=O) groups is 2. The van der Waals surface area contributed by atoms with Crippen LogP contribution in [0, 0.1) is 0 Å². The zero-order valence-corrected chi connectivity index (χ0v) is 11.3. The molecule has 1 aromatic carbocycles. The molecule has 0 aliphatic rings. The van der Waals surface area contributed by atoms with Gasteiger partial charge in [-0.25, -0.2) is 4.79 Å². The van der Waals surface area contributed by atoms with Gasteiger partial charge in [-0.1, -0.05) is 28.1 Å². The molecule has 0 radical (unpaired) electrons. The summed E-state index contributed by atoms with van der Waals surface area (Å²) in [5.41, 5.74) is 0.883. The van der Waals surface area contributed by atoms with E-state index < -0.39 is 12.0 Å². The van der Waals surface area contributed by atoms with E-state index >= 15 is 0 Å². The molecule has 0 saturated carbocycles. The molecule has 0 aliphatic carbocycles. The molecule has 1 rings (SSSR count). The Morgan fingerprint density at radius 1 is 1.35 bits per heavy atom. The van der Waals surface area contributed by atoms with Crippen molar-refractivity contribution < 1.29 is 14.7 Å². The first kappa shape index (κ1) is 13.7. The van der Waals surface area contributed by atoms with Crippen molar-refractivity contribution in [2.45, 2.75) is 19.4 Å². The molecule has 5 heteroatoms. The predicted octanol–water partition coefficient (Wildman–Crippen LogP) is 1.92. The van der Waals surface area contributed by atoms with Crippen molar-refractivity contribution in [1.82, 2.24) is 4.90 Å². The minimum absolute atomic E-state index is 0.255. The van der Waals surface area contributed by atoms with Crippen molar-refractivity contribution in [3.05, 3.63) is 34.3 Å². The Morgan fingerprint density at radius 2 is 1.88 bits per heavy atom. The van der Waals surface area contributed by atoms with Gasteiger partial charge in [-0.15, -0.1) is 0 Å². The van der Waals surface area contributed by atoms with Gasteiger partial charge in [-0.2, -0.15) is 0 Å². The molecule has 0 aromatic heterocycles. The lowest BCUT2D eigenvalue weighted by molar-refractivity contribution is -0.148. The summed E-state index contributed by atoms with van der Waals surface area (Å²) in [6, 6.07) is 6.56. The van der Waals surface area contributed by atoms with Crippen LogP contribution < -0.4 is 0 Å². The quantitative estimate of drug-likeness (QED) is 0.924. The molecule has 0 bridgehead atoms. The Labute approximate surface area is 108 Å². The second-order valence-electron chi connectivity index (χ2n) is 3.81. The van der Waals surface area contributed by atoms with Gasteiger partial charge < -0.3 is 10.0 Å². The van der Waals surface area contributed by atoms with Crippen LogP contribution in [-0.2, 0) is 16.0 Å². The molecule has 0 saturated heterocycles. The largest absolute Gasteiger partial charge is 0.480 e. The first-order chi connectivity index (χ1) is 7.91. The molecule has 0 heterocycles. The molecule has 0 aliphatic heterocycles. The van der Waals surface area contributed by atoms with Crippen molar-refractivity contribution in [3.8, 4) is 0 Å². The third-order valence-electron chi connectivity index (χ3n) is 2.59. The summed E-state index contributed by atoms with van der Waals surface area (Å²) in [5.74, 6) is -1.25. The minimum Gasteiger partial charge on any atom is -0.480 e. The summed E-state index contributed by atoms with van der Waals surface area (Å²) in [7, 11) is 1.50. The van der Waals surface area contributed by atoms with E-state index in [4.69, 9.17) is 5.11 Å². The van der Waals surface area contributed by atoms with Gasteiger partial charge in [0.25, 0.3) is 0 Å². The molecular formula is C12H14BrNO3. The Morgan fingerprint density at radius 3 is 2.29 bits per heavy atom. The van der Waals surface area contributed by atoms with Crippen molar-refractivity contribution in [2.24, 2.45) is 0 Å². The van der Waals surface area contributed by atoms with Crippen LogP contribution in [0.25, 0.3) is 0 Å². The topological polar surface area (TPSA) is 57.6 Å². The highest BCUT2D eigenvalue weighted by Gasteiger charge is 2.24. The van der Waals surface area contributed by atoms with Crippen LogP contribution in [0.3, 0.4) is 0 Å². The summed E-state index contributed by atoms with van der Waals surface area (Å²) in [6.07, 6.45) is 0.304. The highest BCUT2D eigenvalue weighted by atomic mass is 79.9. The lowest BCUT2D eigenvalue weighted by atomic mass is 10.1. The number of hydrogen-bond acceptors (Lipinski definition) is 2. The van der Waals surface area contributed by atoms with E-state index in [1.165, 1.54) is 18.9 Å². The van der Waals surface area contributed by atoms with Gasteiger partial charge in [0.2, 0.25) is 5.91 Å². The molecular weight excluding hydrogens is 286 g/mol. The lowest BCUT2D eigenvalue weighted by Gasteiger charge is -2.23. The van der Waals surface area contributed by atoms with Gasteiger partial charge in [0.15, 0.2) is 0 Å². The van der Waals surface area contributed by atoms with Crippen molar-refractivity contribution in [2.75, 3.05) is 7.05 Å². The SMILES string of the molecule is CC(=O)N(C)[C@@H](Cc1ccc(Br)cc1)C(=O)O. The van der Waals surface area contributed by atoms with Crippen LogP contribution in [0.5, 0.6) is 0 Å². The maximum Gasteiger partial charge on any atom is 0.326 e. The molecule has 4 nitrogen and oxygen atoms in total. The number of hydrogen-bond donors (Lipinski definition) is 1. The van der Waals surface area contributed by atoms with E-state index in [-0.39, 0.29) is 5.91 Å². The van der Waals surface area contributed by atoms with Crippen molar-refractivity contribution >= 4 is 27.8 Å². The molecule has 1 amide bonds. The highest BCUT2D eigenvalue weighted by Crippen LogP contribution is 2.13. The maximum absolute atomic E-state index is 11.2. The third kappa shape index (κ3) is 3.85. The van der Waals surface area contributed by atoms with E-state index in [9.17, 15) is 9.59 Å². The van der Waals surface area contributed by atoms with Crippen LogP contribution in [0.15, 0.2) is 28.7 Å². The van der Waals surface area contributed by atoms with Gasteiger partial charge in [-0.3, -0.25) is 4.79 Å². The molecule has 92 valence electrons. The fraction of sp³-hybridized carbons (Fsp3) is 0.333. The normalized spacial score (nSPS) is 11.9. The summed E-state index contributed by atoms with van der Waals surface area (Å²) in [6.45, 7) is 1.36. The number of nitrogens with zero attached hydrogens (tertiary/aromatic N) is 1. The molecule has 1 atom stereocenters. The van der Waals surface area contributed by atoms with Gasteiger partial charge in [0, 0.05) is 24.9 Å². The number of aliphatic carboxylic acids is 1. The Hall–Kier alpha value is -1.36. The zero-order chi connectivity index (χ0) is 13.0. The Bertz CT molecular complexity index is 416. The Balaban J connectivity index is 2.84. The second kappa shape index (κ2) is 5.82. The van der Waals surface area contributed by atoms with Gasteiger partial charge in [-0.05, 0) is 17.7 Å². The number of halogens is 1. The number of benzene rings is 1. The van der Waals surface area contributed by atoms with E-state index in [2.05, 4.69) is 15.9 Å². The van der Waals surface area contributed by atoms with Gasteiger partial charge in [0.05, 0.1) is 0 Å². The van der Waals surface area contributed by atoms with Crippen molar-refractivity contribution in [1.29, 1.82) is 0 Å². The number of carbonyl (C=O) groups excluding carboxylic acids is 1. The van der Waals surface area contributed by atoms with Crippen LogP contribution in [0.4, 0.5) is 0 Å². The monoisotopic (exact) mass is 299 g/mol. The highest BCUT2D eigenvalue weighted by molar-refractivity contribution is 9.10. The van der Waals surface area contributed by atoms with Gasteiger partial charge >= 0.3 is 5.97 Å². The number of rotatable bonds is 4. The second-order valence-corrected chi connectivity index (χ2v) is 4.73. The fourth-order valence-electron chi connectivity index (χ4n) is 1.45. The van der Waals surface area contributed by atoms with Crippen LogP contribution in [0.2, 0.25) is 0 Å². The van der Waals surface area contributed by atoms with Crippen LogP contribution >= 0.6 is 15.9 Å². The lowest BCUT2D eigenvalue weighted by Crippen LogP contribution is -2.42. The van der Waals surface area contributed by atoms with Crippen molar-refractivity contribution in [3.63, 3.8) is 0 Å². The maximum atomic E-state index is 11.2. The Kier molecular flexibility index (Phi) is 4.69. The van der Waals surface area contributed by atoms with E-state index in [0.717, 1.165) is 10.0 Å². The zero-order valence-electron chi connectivity index (χ0n) is 9.68. The first-order valence-corrected chi connectivity index (χ1v) is 5.91. The molecule has 17 heavy (non-hydrogen) atoms. The van der Waals surface area contributed by atoms with Crippen LogP contribution in [0.1, 0.15) is 12.5 Å². The molecule has 1 aromatic rings.